The molecule has 0 aromatic heterocycles. The second-order valence-corrected chi connectivity index (χ2v) is 6.25. The predicted molar refractivity (Wildman–Crippen MR) is 77.6 cm³/mol. The number of alkyl halides is 3. The van der Waals surface area contributed by atoms with Gasteiger partial charge >= 0.3 is 6.36 Å². The Kier molecular flexibility index (Phi) is 4.32. The summed E-state index contributed by atoms with van der Waals surface area (Å²) in [5.41, 5.74) is 1.03. The van der Waals surface area contributed by atoms with Crippen molar-refractivity contribution < 1.29 is 17.9 Å². The summed E-state index contributed by atoms with van der Waals surface area (Å²) in [6.45, 7) is 6.41. The number of hydrogen-bond donors (Lipinski definition) is 1. The van der Waals surface area contributed by atoms with Gasteiger partial charge in [-0.15, -0.1) is 13.2 Å². The van der Waals surface area contributed by atoms with Crippen molar-refractivity contribution in [2.75, 3.05) is 26.2 Å². The maximum Gasteiger partial charge on any atom is 0.573 e. The molecule has 122 valence electrons. The van der Waals surface area contributed by atoms with E-state index in [9.17, 15) is 13.2 Å². The number of fused-ring (bicyclic) bond motifs is 1. The van der Waals surface area contributed by atoms with Gasteiger partial charge < -0.3 is 10.1 Å². The third-order valence-corrected chi connectivity index (χ3v) is 4.88. The standard InChI is InChI=1S/C16H21F3N2O/c1-11(21-7-6-13-8-20-9-14(13)10-21)12-2-4-15(5-3-12)22-16(17,18)19/h2-5,11,13-14,20H,6-10H2,1H3. The maximum atomic E-state index is 12.2. The van der Waals surface area contributed by atoms with Crippen molar-refractivity contribution >= 4 is 0 Å². The zero-order chi connectivity index (χ0) is 15.7. The zero-order valence-corrected chi connectivity index (χ0v) is 12.6. The van der Waals surface area contributed by atoms with E-state index < -0.39 is 6.36 Å². The van der Waals surface area contributed by atoms with Crippen LogP contribution in [0.4, 0.5) is 13.2 Å². The Hall–Kier alpha value is -1.27. The largest absolute Gasteiger partial charge is 0.573 e. The van der Waals surface area contributed by atoms with Crippen LogP contribution in [0.3, 0.4) is 0 Å². The average Bonchev–Trinajstić information content (AvgIpc) is 2.93. The van der Waals surface area contributed by atoms with E-state index in [1.165, 1.54) is 18.6 Å². The molecule has 0 bridgehead atoms. The number of piperidine rings is 1. The van der Waals surface area contributed by atoms with Gasteiger partial charge in [-0.1, -0.05) is 12.1 Å². The van der Waals surface area contributed by atoms with Crippen molar-refractivity contribution in [1.82, 2.24) is 10.2 Å². The van der Waals surface area contributed by atoms with Crippen molar-refractivity contribution in [1.29, 1.82) is 0 Å². The molecule has 1 aromatic carbocycles. The highest BCUT2D eigenvalue weighted by Crippen LogP contribution is 2.32. The number of likely N-dealkylation sites (tertiary alicyclic amines) is 1. The van der Waals surface area contributed by atoms with Gasteiger partial charge in [0.25, 0.3) is 0 Å². The van der Waals surface area contributed by atoms with Crippen LogP contribution >= 0.6 is 0 Å². The van der Waals surface area contributed by atoms with Crippen molar-refractivity contribution in [3.63, 3.8) is 0 Å². The summed E-state index contributed by atoms with van der Waals surface area (Å²) in [6.07, 6.45) is -3.44. The maximum absolute atomic E-state index is 12.2. The summed E-state index contributed by atoms with van der Waals surface area (Å²) < 4.78 is 40.5. The molecule has 2 heterocycles. The van der Waals surface area contributed by atoms with Crippen LogP contribution in [0.5, 0.6) is 5.75 Å². The Labute approximate surface area is 128 Å². The number of benzene rings is 1. The fraction of sp³-hybridized carbons (Fsp3) is 0.625. The van der Waals surface area contributed by atoms with E-state index in [0.717, 1.165) is 37.7 Å². The van der Waals surface area contributed by atoms with Crippen molar-refractivity contribution in [2.24, 2.45) is 11.8 Å². The molecule has 6 heteroatoms. The molecular weight excluding hydrogens is 293 g/mol. The minimum absolute atomic E-state index is 0.165. The van der Waals surface area contributed by atoms with Crippen LogP contribution in [0, 0.1) is 11.8 Å². The lowest BCUT2D eigenvalue weighted by Crippen LogP contribution is -2.41. The second kappa shape index (κ2) is 6.08. The van der Waals surface area contributed by atoms with Gasteiger partial charge in [-0.3, -0.25) is 4.90 Å². The molecule has 1 aromatic rings. The summed E-state index contributed by atoms with van der Waals surface area (Å²) in [5, 5.41) is 3.44. The SMILES string of the molecule is CC(c1ccc(OC(F)(F)F)cc1)N1CCC2CNCC2C1. The highest BCUT2D eigenvalue weighted by molar-refractivity contribution is 5.29. The van der Waals surface area contributed by atoms with E-state index >= 15 is 0 Å². The van der Waals surface area contributed by atoms with Gasteiger partial charge in [-0.25, -0.2) is 0 Å². The number of nitrogens with zero attached hydrogens (tertiary/aromatic N) is 1. The third-order valence-electron chi connectivity index (χ3n) is 4.88. The first-order valence-electron chi connectivity index (χ1n) is 7.73. The van der Waals surface area contributed by atoms with E-state index in [-0.39, 0.29) is 11.8 Å². The van der Waals surface area contributed by atoms with Crippen molar-refractivity contribution in [3.05, 3.63) is 29.8 Å². The van der Waals surface area contributed by atoms with E-state index in [1.54, 1.807) is 12.1 Å². The average molecular weight is 314 g/mol. The summed E-state index contributed by atoms with van der Waals surface area (Å²) in [7, 11) is 0. The molecule has 2 saturated heterocycles. The van der Waals surface area contributed by atoms with Crippen LogP contribution in [-0.2, 0) is 0 Å². The van der Waals surface area contributed by atoms with Gasteiger partial charge in [0.15, 0.2) is 0 Å². The molecule has 0 amide bonds. The molecule has 0 radical (unpaired) electrons. The van der Waals surface area contributed by atoms with E-state index in [1.807, 2.05) is 0 Å². The Balaban J connectivity index is 1.63. The Morgan fingerprint density at radius 3 is 2.55 bits per heavy atom. The fourth-order valence-corrected chi connectivity index (χ4v) is 3.57. The first-order chi connectivity index (χ1) is 10.4. The highest BCUT2D eigenvalue weighted by Gasteiger charge is 2.34. The summed E-state index contributed by atoms with van der Waals surface area (Å²) in [4.78, 5) is 2.42. The Bertz CT molecular complexity index is 503. The van der Waals surface area contributed by atoms with Gasteiger partial charge in [0.1, 0.15) is 5.75 Å². The quantitative estimate of drug-likeness (QED) is 0.927. The molecule has 0 spiro atoms. The number of rotatable bonds is 3. The van der Waals surface area contributed by atoms with Crippen molar-refractivity contribution in [3.8, 4) is 5.75 Å². The molecule has 3 atom stereocenters. The number of ether oxygens (including phenoxy) is 1. The Morgan fingerprint density at radius 2 is 1.86 bits per heavy atom. The predicted octanol–water partition coefficient (Wildman–Crippen LogP) is 3.19. The van der Waals surface area contributed by atoms with Crippen LogP contribution in [0.25, 0.3) is 0 Å². The molecule has 3 rings (SSSR count). The number of nitrogens with one attached hydrogen (secondary N) is 1. The lowest BCUT2D eigenvalue weighted by atomic mass is 9.87. The second-order valence-electron chi connectivity index (χ2n) is 6.25. The van der Waals surface area contributed by atoms with Gasteiger partial charge in [0.2, 0.25) is 0 Å². The van der Waals surface area contributed by atoms with Crippen LogP contribution in [0.1, 0.15) is 24.9 Å². The van der Waals surface area contributed by atoms with Crippen LogP contribution in [0.15, 0.2) is 24.3 Å². The molecule has 3 unspecified atom stereocenters. The molecule has 0 saturated carbocycles. The monoisotopic (exact) mass is 314 g/mol. The molecular formula is C16H21F3N2O. The number of hydrogen-bond acceptors (Lipinski definition) is 3. The summed E-state index contributed by atoms with van der Waals surface area (Å²) >= 11 is 0. The summed E-state index contributed by atoms with van der Waals surface area (Å²) in [6, 6.07) is 6.45. The van der Waals surface area contributed by atoms with Crippen molar-refractivity contribution in [2.45, 2.75) is 25.7 Å². The minimum Gasteiger partial charge on any atom is -0.406 e. The molecule has 0 aliphatic carbocycles. The van der Waals surface area contributed by atoms with Crippen LogP contribution in [0.2, 0.25) is 0 Å². The fourth-order valence-electron chi connectivity index (χ4n) is 3.57. The molecule has 3 nitrogen and oxygen atoms in total. The van der Waals surface area contributed by atoms with Gasteiger partial charge in [0, 0.05) is 12.6 Å². The molecule has 1 N–H and O–H groups in total. The molecule has 2 aliphatic rings. The lowest BCUT2D eigenvalue weighted by molar-refractivity contribution is -0.274. The van der Waals surface area contributed by atoms with Crippen LogP contribution in [-0.4, -0.2) is 37.4 Å². The number of halogens is 3. The van der Waals surface area contributed by atoms with Crippen LogP contribution < -0.4 is 10.1 Å². The third kappa shape index (κ3) is 3.55. The van der Waals surface area contributed by atoms with Gasteiger partial charge in [0.05, 0.1) is 0 Å². The first-order valence-corrected chi connectivity index (χ1v) is 7.73. The zero-order valence-electron chi connectivity index (χ0n) is 12.6. The summed E-state index contributed by atoms with van der Waals surface area (Å²) in [5.74, 6) is 1.32. The molecule has 2 fully saturated rings. The van der Waals surface area contributed by atoms with Gasteiger partial charge in [-0.05, 0) is 62.5 Å². The van der Waals surface area contributed by atoms with Gasteiger partial charge in [-0.2, -0.15) is 0 Å². The van der Waals surface area contributed by atoms with E-state index in [2.05, 4.69) is 21.9 Å². The molecule has 2 aliphatic heterocycles. The van der Waals surface area contributed by atoms with E-state index in [4.69, 9.17) is 0 Å². The first kappa shape index (κ1) is 15.6. The Morgan fingerprint density at radius 1 is 1.18 bits per heavy atom. The smallest absolute Gasteiger partial charge is 0.406 e. The highest BCUT2D eigenvalue weighted by atomic mass is 19.4. The lowest BCUT2D eigenvalue weighted by Gasteiger charge is -2.38. The minimum atomic E-state index is -4.63. The molecule has 22 heavy (non-hydrogen) atoms. The topological polar surface area (TPSA) is 24.5 Å². The normalized spacial score (nSPS) is 27.5. The van der Waals surface area contributed by atoms with E-state index in [0.29, 0.717) is 5.92 Å².